The van der Waals surface area contributed by atoms with E-state index in [1.807, 2.05) is 0 Å². The van der Waals surface area contributed by atoms with Crippen LogP contribution in [0.15, 0.2) is 0 Å². The maximum Gasteiger partial charge on any atom is 0.106 e. The standard InChI is InChI=1S/C10H16F2/c1-6-4-9(6)8-3-2-7(11)5-10(8)12/h6-10H,2-5H2,1H3. The van der Waals surface area contributed by atoms with Gasteiger partial charge in [-0.05, 0) is 37.0 Å². The second-order valence-corrected chi connectivity index (χ2v) is 4.47. The molecule has 0 aromatic heterocycles. The molecule has 0 spiro atoms. The predicted molar refractivity (Wildman–Crippen MR) is 44.4 cm³/mol. The lowest BCUT2D eigenvalue weighted by Gasteiger charge is -2.28. The van der Waals surface area contributed by atoms with Crippen LogP contribution in [0.2, 0.25) is 0 Å². The van der Waals surface area contributed by atoms with Crippen molar-refractivity contribution in [2.24, 2.45) is 17.8 Å². The Hall–Kier alpha value is -0.140. The summed E-state index contributed by atoms with van der Waals surface area (Å²) in [5.41, 5.74) is 0. The maximum absolute atomic E-state index is 13.3. The fourth-order valence-electron chi connectivity index (χ4n) is 2.52. The molecule has 0 saturated heterocycles. The lowest BCUT2D eigenvalue weighted by atomic mass is 9.82. The molecule has 5 unspecified atom stereocenters. The molecular weight excluding hydrogens is 158 g/mol. The molecule has 0 heterocycles. The molecular formula is C10H16F2. The normalized spacial score (nSPS) is 53.8. The molecule has 70 valence electrons. The van der Waals surface area contributed by atoms with Gasteiger partial charge in [-0.15, -0.1) is 0 Å². The molecule has 0 bridgehead atoms. The predicted octanol–water partition coefficient (Wildman–Crippen LogP) is 3.12. The average Bonchev–Trinajstić information content (AvgIpc) is 2.66. The Balaban J connectivity index is 1.90. The van der Waals surface area contributed by atoms with E-state index < -0.39 is 12.3 Å². The van der Waals surface area contributed by atoms with Gasteiger partial charge in [-0.25, -0.2) is 8.78 Å². The zero-order valence-electron chi connectivity index (χ0n) is 7.47. The van der Waals surface area contributed by atoms with Crippen LogP contribution in [0.1, 0.15) is 32.6 Å². The number of rotatable bonds is 1. The van der Waals surface area contributed by atoms with E-state index in [9.17, 15) is 8.78 Å². The third-order valence-electron chi connectivity index (χ3n) is 3.48. The zero-order valence-corrected chi connectivity index (χ0v) is 7.47. The van der Waals surface area contributed by atoms with Crippen LogP contribution in [-0.2, 0) is 0 Å². The molecule has 0 N–H and O–H groups in total. The number of alkyl halides is 2. The number of halogens is 2. The van der Waals surface area contributed by atoms with Crippen LogP contribution in [0.5, 0.6) is 0 Å². The molecule has 2 fully saturated rings. The van der Waals surface area contributed by atoms with Gasteiger partial charge in [0.1, 0.15) is 12.3 Å². The summed E-state index contributed by atoms with van der Waals surface area (Å²) < 4.78 is 26.1. The van der Waals surface area contributed by atoms with Crippen LogP contribution in [0.4, 0.5) is 8.78 Å². The SMILES string of the molecule is CC1CC1C1CCC(F)CC1F. The van der Waals surface area contributed by atoms with Crippen LogP contribution in [0, 0.1) is 17.8 Å². The third-order valence-corrected chi connectivity index (χ3v) is 3.48. The van der Waals surface area contributed by atoms with Crippen molar-refractivity contribution < 1.29 is 8.78 Å². The van der Waals surface area contributed by atoms with E-state index in [1.165, 1.54) is 6.42 Å². The highest BCUT2D eigenvalue weighted by atomic mass is 19.1. The molecule has 2 heteroatoms. The molecule has 0 amide bonds. The topological polar surface area (TPSA) is 0 Å². The Morgan fingerprint density at radius 3 is 2.17 bits per heavy atom. The van der Waals surface area contributed by atoms with Gasteiger partial charge in [0.15, 0.2) is 0 Å². The molecule has 12 heavy (non-hydrogen) atoms. The first-order chi connectivity index (χ1) is 5.68. The Morgan fingerprint density at radius 2 is 1.67 bits per heavy atom. The van der Waals surface area contributed by atoms with Crippen molar-refractivity contribution >= 4 is 0 Å². The van der Waals surface area contributed by atoms with Crippen molar-refractivity contribution in [3.05, 3.63) is 0 Å². The fourth-order valence-corrected chi connectivity index (χ4v) is 2.52. The minimum Gasteiger partial charge on any atom is -0.247 e. The summed E-state index contributed by atoms with van der Waals surface area (Å²) in [4.78, 5) is 0. The monoisotopic (exact) mass is 174 g/mol. The molecule has 0 radical (unpaired) electrons. The minimum atomic E-state index is -0.870. The van der Waals surface area contributed by atoms with Gasteiger partial charge in [-0.3, -0.25) is 0 Å². The first kappa shape index (κ1) is 8.46. The fraction of sp³-hybridized carbons (Fsp3) is 1.00. The van der Waals surface area contributed by atoms with Gasteiger partial charge in [-0.1, -0.05) is 6.92 Å². The quantitative estimate of drug-likeness (QED) is 0.573. The van der Waals surface area contributed by atoms with E-state index in [4.69, 9.17) is 0 Å². The minimum absolute atomic E-state index is 0.161. The van der Waals surface area contributed by atoms with Gasteiger partial charge in [0.2, 0.25) is 0 Å². The van der Waals surface area contributed by atoms with E-state index in [0.717, 1.165) is 6.42 Å². The lowest BCUT2D eigenvalue weighted by molar-refractivity contribution is 0.0869. The van der Waals surface area contributed by atoms with Crippen LogP contribution < -0.4 is 0 Å². The molecule has 2 rings (SSSR count). The maximum atomic E-state index is 13.3. The van der Waals surface area contributed by atoms with E-state index >= 15 is 0 Å². The van der Waals surface area contributed by atoms with Crippen LogP contribution >= 0.6 is 0 Å². The summed E-state index contributed by atoms with van der Waals surface area (Å²) in [7, 11) is 0. The summed E-state index contributed by atoms with van der Waals surface area (Å²) in [5.74, 6) is 1.46. The third kappa shape index (κ3) is 1.48. The zero-order chi connectivity index (χ0) is 8.72. The van der Waals surface area contributed by atoms with Gasteiger partial charge >= 0.3 is 0 Å². The summed E-state index contributed by atoms with van der Waals surface area (Å²) in [6.07, 6.45) is 0.968. The molecule has 2 saturated carbocycles. The van der Waals surface area contributed by atoms with E-state index in [1.54, 1.807) is 0 Å². The number of hydrogen-bond donors (Lipinski definition) is 0. The van der Waals surface area contributed by atoms with Crippen molar-refractivity contribution in [2.45, 2.75) is 45.0 Å². The molecule has 0 aromatic carbocycles. The van der Waals surface area contributed by atoms with Crippen molar-refractivity contribution in [1.82, 2.24) is 0 Å². The van der Waals surface area contributed by atoms with E-state index in [2.05, 4.69) is 6.92 Å². The van der Waals surface area contributed by atoms with E-state index in [-0.39, 0.29) is 12.3 Å². The second kappa shape index (κ2) is 2.97. The lowest BCUT2D eigenvalue weighted by Crippen LogP contribution is -2.28. The Labute approximate surface area is 72.3 Å². The largest absolute Gasteiger partial charge is 0.247 e. The van der Waals surface area contributed by atoms with Crippen LogP contribution in [0.3, 0.4) is 0 Å². The summed E-state index contributed by atoms with van der Waals surface area (Å²) in [6, 6.07) is 0. The van der Waals surface area contributed by atoms with Gasteiger partial charge < -0.3 is 0 Å². The summed E-state index contributed by atoms with van der Waals surface area (Å²) >= 11 is 0. The van der Waals surface area contributed by atoms with Gasteiger partial charge in [0, 0.05) is 6.42 Å². The Morgan fingerprint density at radius 1 is 1.00 bits per heavy atom. The van der Waals surface area contributed by atoms with Crippen LogP contribution in [0.25, 0.3) is 0 Å². The Bertz CT molecular complexity index is 169. The highest BCUT2D eigenvalue weighted by molar-refractivity contribution is 4.94. The highest BCUT2D eigenvalue weighted by Gasteiger charge is 2.45. The second-order valence-electron chi connectivity index (χ2n) is 4.47. The van der Waals surface area contributed by atoms with Crippen molar-refractivity contribution in [1.29, 1.82) is 0 Å². The molecule has 0 nitrogen and oxygen atoms in total. The van der Waals surface area contributed by atoms with E-state index in [0.29, 0.717) is 18.3 Å². The summed E-state index contributed by atoms with van der Waals surface area (Å²) in [5, 5.41) is 0. The average molecular weight is 174 g/mol. The molecule has 2 aliphatic rings. The van der Waals surface area contributed by atoms with Crippen LogP contribution in [-0.4, -0.2) is 12.3 Å². The smallest absolute Gasteiger partial charge is 0.106 e. The van der Waals surface area contributed by atoms with Gasteiger partial charge in [0.25, 0.3) is 0 Å². The van der Waals surface area contributed by atoms with Gasteiger partial charge in [0.05, 0.1) is 0 Å². The first-order valence-corrected chi connectivity index (χ1v) is 4.96. The molecule has 2 aliphatic carbocycles. The van der Waals surface area contributed by atoms with Crippen molar-refractivity contribution in [3.63, 3.8) is 0 Å². The number of hydrogen-bond acceptors (Lipinski definition) is 0. The van der Waals surface area contributed by atoms with Crippen molar-refractivity contribution in [3.8, 4) is 0 Å². The molecule has 5 atom stereocenters. The van der Waals surface area contributed by atoms with Crippen molar-refractivity contribution in [2.75, 3.05) is 0 Å². The Kier molecular flexibility index (Phi) is 2.09. The highest BCUT2D eigenvalue weighted by Crippen LogP contribution is 2.49. The first-order valence-electron chi connectivity index (χ1n) is 4.96. The molecule has 0 aromatic rings. The molecule has 0 aliphatic heterocycles. The summed E-state index contributed by atoms with van der Waals surface area (Å²) in [6.45, 7) is 2.17. The van der Waals surface area contributed by atoms with Gasteiger partial charge in [-0.2, -0.15) is 0 Å².